The fourth-order valence-electron chi connectivity index (χ4n) is 1.87. The van der Waals surface area contributed by atoms with Gasteiger partial charge in [0.2, 0.25) is 0 Å². The van der Waals surface area contributed by atoms with Gasteiger partial charge in [0.1, 0.15) is 11.5 Å². The van der Waals surface area contributed by atoms with Crippen molar-refractivity contribution in [1.29, 1.82) is 0 Å². The summed E-state index contributed by atoms with van der Waals surface area (Å²) in [5, 5.41) is 2.67. The molecule has 0 radical (unpaired) electrons. The predicted molar refractivity (Wildman–Crippen MR) is 79.7 cm³/mol. The van der Waals surface area contributed by atoms with E-state index in [1.807, 2.05) is 0 Å². The molecule has 1 N–H and O–H groups in total. The van der Waals surface area contributed by atoms with Crippen LogP contribution in [0.3, 0.4) is 0 Å². The van der Waals surface area contributed by atoms with Gasteiger partial charge >= 0.3 is 5.97 Å². The summed E-state index contributed by atoms with van der Waals surface area (Å²) in [4.78, 5) is 23.2. The van der Waals surface area contributed by atoms with Gasteiger partial charge in [-0.1, -0.05) is 15.9 Å². The van der Waals surface area contributed by atoms with Gasteiger partial charge in [0.15, 0.2) is 6.61 Å². The minimum atomic E-state index is -0.456. The first kappa shape index (κ1) is 13.6. The van der Waals surface area contributed by atoms with Crippen LogP contribution in [0.25, 0.3) is 0 Å². The lowest BCUT2D eigenvalue weighted by Gasteiger charge is -2.18. The van der Waals surface area contributed by atoms with Crippen molar-refractivity contribution in [3.63, 3.8) is 0 Å². The topological polar surface area (TPSA) is 64.6 Å². The Hall–Kier alpha value is -2.34. The van der Waals surface area contributed by atoms with Gasteiger partial charge < -0.3 is 14.8 Å². The minimum absolute atomic E-state index is 0.0445. The van der Waals surface area contributed by atoms with Crippen LogP contribution in [0.1, 0.15) is 10.4 Å². The summed E-state index contributed by atoms with van der Waals surface area (Å²) in [5.74, 6) is 0.179. The maximum Gasteiger partial charge on any atom is 0.343 e. The molecule has 5 nitrogen and oxygen atoms in total. The molecular formula is C15H10BrNO4. The van der Waals surface area contributed by atoms with Crippen molar-refractivity contribution in [2.24, 2.45) is 0 Å². The van der Waals surface area contributed by atoms with Gasteiger partial charge in [-0.25, -0.2) is 4.79 Å². The summed E-state index contributed by atoms with van der Waals surface area (Å²) >= 11 is 3.30. The number of carbonyl (C=O) groups is 2. The molecule has 6 heteroatoms. The molecule has 3 rings (SSSR count). The van der Waals surface area contributed by atoms with Crippen molar-refractivity contribution in [2.45, 2.75) is 0 Å². The highest BCUT2D eigenvalue weighted by Gasteiger charge is 2.17. The van der Waals surface area contributed by atoms with E-state index < -0.39 is 5.97 Å². The van der Waals surface area contributed by atoms with Crippen molar-refractivity contribution in [3.05, 3.63) is 52.5 Å². The summed E-state index contributed by atoms with van der Waals surface area (Å²) in [6.07, 6.45) is 0. The summed E-state index contributed by atoms with van der Waals surface area (Å²) < 4.78 is 11.4. The summed E-state index contributed by atoms with van der Waals surface area (Å²) in [7, 11) is 0. The van der Waals surface area contributed by atoms with Gasteiger partial charge in [-0.3, -0.25) is 4.79 Å². The second-order valence-corrected chi connectivity index (χ2v) is 5.31. The molecule has 0 atom stereocenters. The predicted octanol–water partition coefficient (Wildman–Crippen LogP) is 3.00. The van der Waals surface area contributed by atoms with E-state index in [4.69, 9.17) is 9.47 Å². The van der Waals surface area contributed by atoms with Crippen molar-refractivity contribution in [1.82, 2.24) is 0 Å². The molecule has 1 aliphatic heterocycles. The number of rotatable bonds is 2. The Bertz CT molecular complexity index is 712. The van der Waals surface area contributed by atoms with Gasteiger partial charge in [-0.2, -0.15) is 0 Å². The largest absolute Gasteiger partial charge is 0.481 e. The van der Waals surface area contributed by atoms with Crippen LogP contribution in [-0.2, 0) is 4.79 Å². The van der Waals surface area contributed by atoms with E-state index in [9.17, 15) is 9.59 Å². The zero-order valence-corrected chi connectivity index (χ0v) is 12.3. The Balaban J connectivity index is 1.77. The van der Waals surface area contributed by atoms with Gasteiger partial charge in [0.25, 0.3) is 5.91 Å². The molecular weight excluding hydrogens is 338 g/mol. The Labute approximate surface area is 129 Å². The van der Waals surface area contributed by atoms with Gasteiger partial charge in [-0.05, 0) is 36.4 Å². The van der Waals surface area contributed by atoms with Crippen LogP contribution in [0, 0.1) is 0 Å². The number of hydrogen-bond acceptors (Lipinski definition) is 4. The lowest BCUT2D eigenvalue weighted by Crippen LogP contribution is -2.25. The summed E-state index contributed by atoms with van der Waals surface area (Å²) in [5.41, 5.74) is 1.01. The smallest absolute Gasteiger partial charge is 0.343 e. The molecule has 1 heterocycles. The molecule has 0 aromatic heterocycles. The second-order valence-electron chi connectivity index (χ2n) is 4.39. The molecule has 0 bridgehead atoms. The Kier molecular flexibility index (Phi) is 3.62. The SMILES string of the molecule is O=C1COc2cc(OC(=O)c3ccc(Br)cc3)ccc2N1. The van der Waals surface area contributed by atoms with Crippen LogP contribution in [0.2, 0.25) is 0 Å². The van der Waals surface area contributed by atoms with E-state index in [2.05, 4.69) is 21.2 Å². The van der Waals surface area contributed by atoms with Gasteiger partial charge in [-0.15, -0.1) is 0 Å². The highest BCUT2D eigenvalue weighted by Crippen LogP contribution is 2.31. The van der Waals surface area contributed by atoms with Crippen LogP contribution >= 0.6 is 15.9 Å². The number of halogens is 1. The average Bonchev–Trinajstić information content (AvgIpc) is 2.48. The number of hydrogen-bond donors (Lipinski definition) is 1. The molecule has 2 aromatic rings. The Morgan fingerprint density at radius 1 is 1.19 bits per heavy atom. The number of anilines is 1. The Morgan fingerprint density at radius 3 is 2.71 bits per heavy atom. The molecule has 0 saturated heterocycles. The van der Waals surface area contributed by atoms with Gasteiger partial charge in [0.05, 0.1) is 11.3 Å². The second kappa shape index (κ2) is 5.57. The number of benzene rings is 2. The zero-order valence-electron chi connectivity index (χ0n) is 10.8. The van der Waals surface area contributed by atoms with E-state index in [-0.39, 0.29) is 12.5 Å². The molecule has 0 unspecified atom stereocenters. The number of ether oxygens (including phenoxy) is 2. The van der Waals surface area contributed by atoms with E-state index >= 15 is 0 Å². The molecule has 0 fully saturated rings. The normalized spacial score (nSPS) is 12.9. The number of fused-ring (bicyclic) bond motifs is 1. The van der Waals surface area contributed by atoms with Crippen molar-refractivity contribution in [2.75, 3.05) is 11.9 Å². The summed E-state index contributed by atoms with van der Waals surface area (Å²) in [6.45, 7) is -0.0445. The fourth-order valence-corrected chi connectivity index (χ4v) is 2.13. The van der Waals surface area contributed by atoms with Gasteiger partial charge in [0, 0.05) is 10.5 Å². The van der Waals surface area contributed by atoms with Crippen LogP contribution < -0.4 is 14.8 Å². The zero-order chi connectivity index (χ0) is 14.8. The minimum Gasteiger partial charge on any atom is -0.481 e. The van der Waals surface area contributed by atoms with E-state index in [1.165, 1.54) is 0 Å². The molecule has 1 amide bonds. The van der Waals surface area contributed by atoms with Crippen molar-refractivity contribution < 1.29 is 19.1 Å². The average molecular weight is 348 g/mol. The third kappa shape index (κ3) is 3.05. The first-order chi connectivity index (χ1) is 10.1. The molecule has 106 valence electrons. The molecule has 0 saturated carbocycles. The molecule has 0 spiro atoms. The maximum absolute atomic E-state index is 12.0. The van der Waals surface area contributed by atoms with Crippen molar-refractivity contribution >= 4 is 33.5 Å². The molecule has 1 aliphatic rings. The number of nitrogens with one attached hydrogen (secondary N) is 1. The molecule has 0 aliphatic carbocycles. The quantitative estimate of drug-likeness (QED) is 0.669. The Morgan fingerprint density at radius 2 is 1.95 bits per heavy atom. The van der Waals surface area contributed by atoms with Crippen LogP contribution in [-0.4, -0.2) is 18.5 Å². The lowest BCUT2D eigenvalue weighted by molar-refractivity contribution is -0.118. The molecule has 2 aromatic carbocycles. The maximum atomic E-state index is 12.0. The first-order valence-corrected chi connectivity index (χ1v) is 6.95. The van der Waals surface area contributed by atoms with Crippen LogP contribution in [0.5, 0.6) is 11.5 Å². The third-order valence-corrected chi connectivity index (χ3v) is 3.41. The highest BCUT2D eigenvalue weighted by atomic mass is 79.9. The van der Waals surface area contributed by atoms with E-state index in [1.54, 1.807) is 42.5 Å². The van der Waals surface area contributed by atoms with E-state index in [0.717, 1.165) is 4.47 Å². The third-order valence-electron chi connectivity index (χ3n) is 2.88. The first-order valence-electron chi connectivity index (χ1n) is 6.16. The number of amides is 1. The fraction of sp³-hybridized carbons (Fsp3) is 0.0667. The number of carbonyl (C=O) groups excluding carboxylic acids is 2. The monoisotopic (exact) mass is 347 g/mol. The van der Waals surface area contributed by atoms with Crippen LogP contribution in [0.4, 0.5) is 5.69 Å². The van der Waals surface area contributed by atoms with E-state index in [0.29, 0.717) is 22.7 Å². The summed E-state index contributed by atoms with van der Waals surface area (Å²) in [6, 6.07) is 11.7. The highest BCUT2D eigenvalue weighted by molar-refractivity contribution is 9.10. The van der Waals surface area contributed by atoms with Crippen LogP contribution in [0.15, 0.2) is 46.9 Å². The standard InChI is InChI=1S/C15H10BrNO4/c16-10-3-1-9(2-4-10)15(19)21-11-5-6-12-13(7-11)20-8-14(18)17-12/h1-7H,8H2,(H,17,18). The number of esters is 1. The van der Waals surface area contributed by atoms with Crippen molar-refractivity contribution in [3.8, 4) is 11.5 Å². The lowest BCUT2D eigenvalue weighted by atomic mass is 10.2. The molecule has 21 heavy (non-hydrogen) atoms.